The van der Waals surface area contributed by atoms with Gasteiger partial charge < -0.3 is 22.1 Å². The van der Waals surface area contributed by atoms with Crippen molar-refractivity contribution in [1.29, 1.82) is 0 Å². The van der Waals surface area contributed by atoms with Crippen molar-refractivity contribution in [3.05, 3.63) is 35.9 Å². The molecule has 0 spiro atoms. The smallest absolute Gasteiger partial charge is 0.147 e. The molecule has 118 valence electrons. The number of aliphatic hydroxyl groups is 1. The Morgan fingerprint density at radius 3 is 2.33 bits per heavy atom. The van der Waals surface area contributed by atoms with E-state index in [2.05, 4.69) is 57.4 Å². The summed E-state index contributed by atoms with van der Waals surface area (Å²) in [6, 6.07) is 10.8. The van der Waals surface area contributed by atoms with Crippen molar-refractivity contribution in [3.8, 4) is 0 Å². The zero-order chi connectivity index (χ0) is 14.5. The molecule has 3 heteroatoms. The second-order valence-corrected chi connectivity index (χ2v) is 9.73. The van der Waals surface area contributed by atoms with Crippen molar-refractivity contribution < 1.29 is 22.1 Å². The highest BCUT2D eigenvalue weighted by Gasteiger charge is 2.69. The van der Waals surface area contributed by atoms with Gasteiger partial charge in [0.2, 0.25) is 0 Å². The zero-order valence-corrected chi connectivity index (χ0v) is 15.9. The van der Waals surface area contributed by atoms with Crippen molar-refractivity contribution in [3.63, 3.8) is 0 Å². The van der Waals surface area contributed by atoms with E-state index in [-0.39, 0.29) is 44.8 Å². The first-order valence-electron chi connectivity index (χ1n) is 7.71. The van der Waals surface area contributed by atoms with Crippen LogP contribution in [0.3, 0.4) is 0 Å². The van der Waals surface area contributed by atoms with Crippen LogP contribution < -0.4 is 17.0 Å². The van der Waals surface area contributed by atoms with E-state index >= 15 is 0 Å². The van der Waals surface area contributed by atoms with Crippen LogP contribution in [-0.2, 0) is 16.6 Å². The van der Waals surface area contributed by atoms with E-state index in [0.717, 1.165) is 5.75 Å². The van der Waals surface area contributed by atoms with Crippen molar-refractivity contribution >= 4 is 10.9 Å². The van der Waals surface area contributed by atoms with Crippen LogP contribution in [0.1, 0.15) is 39.2 Å². The Morgan fingerprint density at radius 1 is 1.19 bits per heavy atom. The monoisotopic (exact) mass is 370 g/mol. The second-order valence-electron chi connectivity index (χ2n) is 7.51. The minimum absolute atomic E-state index is 0. The topological polar surface area (TPSA) is 20.2 Å². The fourth-order valence-electron chi connectivity index (χ4n) is 4.68. The Morgan fingerprint density at radius 2 is 1.81 bits per heavy atom. The quantitative estimate of drug-likeness (QED) is 0.773. The van der Waals surface area contributed by atoms with Crippen LogP contribution in [0.4, 0.5) is 0 Å². The van der Waals surface area contributed by atoms with Crippen molar-refractivity contribution in [2.75, 3.05) is 6.26 Å². The number of halogens is 1. The summed E-state index contributed by atoms with van der Waals surface area (Å²) in [6.45, 7) is 7.08. The number of benzene rings is 1. The molecular formula is C18H27BrOS. The van der Waals surface area contributed by atoms with Gasteiger partial charge in [-0.3, -0.25) is 0 Å². The highest BCUT2D eigenvalue weighted by atomic mass is 79.9. The molecule has 0 saturated heterocycles. The molecule has 21 heavy (non-hydrogen) atoms. The standard InChI is InChI=1S/C18H27OS.BrH/c1-17(2)14-10-11-18(17,3)16(19)15(14)20(4)12-13-8-6-5-7-9-13;/h5-9,14-16,19H,10-12H2,1-4H3;1H/q+1;/p-1/t14-,15+,16-,18+,20?;/m1./s1. The fourth-order valence-corrected chi connectivity index (χ4v) is 7.37. The first-order valence-corrected chi connectivity index (χ1v) is 9.58. The van der Waals surface area contributed by atoms with E-state index < -0.39 is 0 Å². The first kappa shape index (κ1) is 17.4. The molecule has 2 bridgehead atoms. The molecule has 1 unspecified atom stereocenters. The summed E-state index contributed by atoms with van der Waals surface area (Å²) in [5.41, 5.74) is 1.83. The van der Waals surface area contributed by atoms with Crippen LogP contribution in [0, 0.1) is 16.7 Å². The largest absolute Gasteiger partial charge is 1.00 e. The number of rotatable bonds is 3. The molecule has 2 aliphatic rings. The Kier molecular flexibility index (Phi) is 4.88. The Bertz CT molecular complexity index is 489. The molecule has 0 heterocycles. The van der Waals surface area contributed by atoms with Crippen LogP contribution in [0.15, 0.2) is 30.3 Å². The molecule has 2 fully saturated rings. The summed E-state index contributed by atoms with van der Waals surface area (Å²) in [7, 11) is 0.252. The van der Waals surface area contributed by atoms with Gasteiger partial charge in [0.1, 0.15) is 17.1 Å². The lowest BCUT2D eigenvalue weighted by Crippen LogP contribution is -3.00. The van der Waals surface area contributed by atoms with Gasteiger partial charge in [0.25, 0.3) is 0 Å². The third kappa shape index (κ3) is 2.49. The first-order chi connectivity index (χ1) is 9.38. The molecule has 1 N–H and O–H groups in total. The van der Waals surface area contributed by atoms with Crippen LogP contribution in [0.2, 0.25) is 0 Å². The van der Waals surface area contributed by atoms with Crippen LogP contribution in [0.25, 0.3) is 0 Å². The highest BCUT2D eigenvalue weighted by Crippen LogP contribution is 2.66. The lowest BCUT2D eigenvalue weighted by molar-refractivity contribution is -0.0000142. The van der Waals surface area contributed by atoms with Gasteiger partial charge in [0, 0.05) is 16.9 Å². The third-order valence-electron chi connectivity index (χ3n) is 6.44. The maximum atomic E-state index is 10.9. The van der Waals surface area contributed by atoms with Gasteiger partial charge in [-0.15, -0.1) is 0 Å². The lowest BCUT2D eigenvalue weighted by atomic mass is 9.70. The van der Waals surface area contributed by atoms with Gasteiger partial charge in [0.15, 0.2) is 0 Å². The van der Waals surface area contributed by atoms with Gasteiger partial charge >= 0.3 is 0 Å². The molecule has 1 aromatic carbocycles. The SMILES string of the molecule is C[S+](Cc1ccccc1)[C@H]1[C@H]2CC[C@@](C)([C@@H]1O)C2(C)C.[Br-]. The molecule has 1 aromatic rings. The van der Waals surface area contributed by atoms with Crippen LogP contribution in [0.5, 0.6) is 0 Å². The number of fused-ring (bicyclic) bond motifs is 2. The van der Waals surface area contributed by atoms with Gasteiger partial charge in [-0.1, -0.05) is 51.1 Å². The second kappa shape index (κ2) is 5.90. The van der Waals surface area contributed by atoms with E-state index in [1.165, 1.54) is 18.4 Å². The number of hydrogen-bond donors (Lipinski definition) is 1. The Labute approximate surface area is 142 Å². The summed E-state index contributed by atoms with van der Waals surface area (Å²) in [6.07, 6.45) is 4.75. The lowest BCUT2D eigenvalue weighted by Gasteiger charge is -2.36. The summed E-state index contributed by atoms with van der Waals surface area (Å²) in [4.78, 5) is 0. The third-order valence-corrected chi connectivity index (χ3v) is 8.74. The van der Waals surface area contributed by atoms with Crippen LogP contribution in [-0.4, -0.2) is 22.7 Å². The van der Waals surface area contributed by atoms with E-state index in [0.29, 0.717) is 11.2 Å². The Balaban J connectivity index is 0.00000161. The average molecular weight is 371 g/mol. The van der Waals surface area contributed by atoms with E-state index in [4.69, 9.17) is 0 Å². The average Bonchev–Trinajstić information content (AvgIpc) is 2.72. The molecule has 0 radical (unpaired) electrons. The number of aliphatic hydroxyl groups excluding tert-OH is 1. The van der Waals surface area contributed by atoms with Gasteiger partial charge in [0.05, 0.1) is 6.26 Å². The maximum Gasteiger partial charge on any atom is 0.147 e. The summed E-state index contributed by atoms with van der Waals surface area (Å²) >= 11 is 0. The van der Waals surface area contributed by atoms with E-state index in [1.54, 1.807) is 0 Å². The predicted octanol–water partition coefficient (Wildman–Crippen LogP) is 0.624. The fraction of sp³-hybridized carbons (Fsp3) is 0.667. The Hall–Kier alpha value is 0.01000. The zero-order valence-electron chi connectivity index (χ0n) is 13.5. The molecule has 0 amide bonds. The minimum Gasteiger partial charge on any atom is -1.00 e. The maximum absolute atomic E-state index is 10.9. The number of hydrogen-bond acceptors (Lipinski definition) is 1. The molecule has 0 aliphatic heterocycles. The van der Waals surface area contributed by atoms with Crippen molar-refractivity contribution in [1.82, 2.24) is 0 Å². The van der Waals surface area contributed by atoms with E-state index in [1.807, 2.05) is 0 Å². The predicted molar refractivity (Wildman–Crippen MR) is 87.8 cm³/mol. The summed E-state index contributed by atoms with van der Waals surface area (Å²) in [5.74, 6) is 1.81. The van der Waals surface area contributed by atoms with Crippen molar-refractivity contribution in [2.24, 2.45) is 16.7 Å². The molecule has 1 nitrogen and oxygen atoms in total. The summed E-state index contributed by atoms with van der Waals surface area (Å²) in [5, 5.41) is 11.4. The molecule has 3 rings (SSSR count). The van der Waals surface area contributed by atoms with Crippen LogP contribution >= 0.6 is 0 Å². The molecular weight excluding hydrogens is 344 g/mol. The molecule has 2 aliphatic carbocycles. The van der Waals surface area contributed by atoms with Gasteiger partial charge in [-0.05, 0) is 29.2 Å². The van der Waals surface area contributed by atoms with Gasteiger partial charge in [-0.25, -0.2) is 0 Å². The minimum atomic E-state index is -0.117. The summed E-state index contributed by atoms with van der Waals surface area (Å²) < 4.78 is 0. The van der Waals surface area contributed by atoms with E-state index in [9.17, 15) is 5.11 Å². The molecule has 5 atom stereocenters. The van der Waals surface area contributed by atoms with Gasteiger partial charge in [-0.2, -0.15) is 0 Å². The highest BCUT2D eigenvalue weighted by molar-refractivity contribution is 7.96. The normalized spacial score (nSPS) is 38.0. The molecule has 2 saturated carbocycles. The van der Waals surface area contributed by atoms with Crippen molar-refractivity contribution in [2.45, 2.75) is 50.7 Å². The molecule has 0 aromatic heterocycles.